The monoisotopic (exact) mass is 336 g/mol. The van der Waals surface area contributed by atoms with Gasteiger partial charge in [0.2, 0.25) is 10.0 Å². The van der Waals surface area contributed by atoms with Crippen molar-refractivity contribution in [2.24, 2.45) is 0 Å². The second-order valence-electron chi connectivity index (χ2n) is 4.02. The number of benzene rings is 1. The Morgan fingerprint density at radius 2 is 2.14 bits per heavy atom. The van der Waals surface area contributed by atoms with Crippen LogP contribution in [0.3, 0.4) is 0 Å². The number of sulfonamides is 1. The zero-order valence-corrected chi connectivity index (χ0v) is 12.6. The molecule has 1 N–H and O–H groups in total. The Kier molecular flexibility index (Phi) is 5.91. The highest BCUT2D eigenvalue weighted by molar-refractivity contribution is 7.92. The first-order valence-corrected chi connectivity index (χ1v) is 7.79. The Morgan fingerprint density at radius 3 is 2.71 bits per heavy atom. The summed E-state index contributed by atoms with van der Waals surface area (Å²) in [5.41, 5.74) is -0.365. The van der Waals surface area contributed by atoms with Gasteiger partial charge in [0.05, 0.1) is 23.5 Å². The van der Waals surface area contributed by atoms with E-state index in [-0.39, 0.29) is 29.3 Å². The lowest BCUT2D eigenvalue weighted by Gasteiger charge is -2.08. The van der Waals surface area contributed by atoms with E-state index < -0.39 is 26.6 Å². The molecule has 1 rings (SSSR count). The topological polar surface area (TPSA) is 116 Å². The number of carbonyl (C=O) groups excluding carboxylic acids is 1. The minimum absolute atomic E-state index is 0.0296. The fraction of sp³-hybridized carbons (Fsp3) is 0.364. The molecule has 0 atom stereocenters. The lowest BCUT2D eigenvalue weighted by atomic mass is 10.3. The number of esters is 1. The molecule has 1 aromatic rings. The van der Waals surface area contributed by atoms with Gasteiger partial charge in [0.1, 0.15) is 5.02 Å². The van der Waals surface area contributed by atoms with E-state index in [2.05, 4.69) is 9.46 Å². The molecule has 0 aliphatic carbocycles. The van der Waals surface area contributed by atoms with Crippen molar-refractivity contribution in [2.45, 2.75) is 12.8 Å². The third-order valence-corrected chi connectivity index (χ3v) is 4.13. The van der Waals surface area contributed by atoms with Crippen LogP contribution >= 0.6 is 11.6 Å². The lowest BCUT2D eigenvalue weighted by molar-refractivity contribution is -0.384. The number of nitrogens with zero attached hydrogens (tertiary/aromatic N) is 1. The molecular formula is C11H13ClN2O6S. The van der Waals surface area contributed by atoms with E-state index in [1.165, 1.54) is 19.2 Å². The van der Waals surface area contributed by atoms with Gasteiger partial charge in [-0.05, 0) is 18.6 Å². The van der Waals surface area contributed by atoms with Crippen molar-refractivity contribution in [1.82, 2.24) is 0 Å². The number of anilines is 1. The first-order valence-electron chi connectivity index (χ1n) is 5.76. The summed E-state index contributed by atoms with van der Waals surface area (Å²) < 4.78 is 30.1. The number of ether oxygens (including phenoxy) is 1. The van der Waals surface area contributed by atoms with Crippen LogP contribution in [0.4, 0.5) is 11.4 Å². The van der Waals surface area contributed by atoms with Crippen molar-refractivity contribution < 1.29 is 22.9 Å². The molecule has 0 unspecified atom stereocenters. The molecule has 0 bridgehead atoms. The molecule has 0 aliphatic heterocycles. The average Bonchev–Trinajstić information content (AvgIpc) is 2.39. The van der Waals surface area contributed by atoms with Crippen molar-refractivity contribution >= 4 is 39.0 Å². The quantitative estimate of drug-likeness (QED) is 0.462. The van der Waals surface area contributed by atoms with Crippen molar-refractivity contribution in [3.8, 4) is 0 Å². The second-order valence-corrected chi connectivity index (χ2v) is 6.27. The summed E-state index contributed by atoms with van der Waals surface area (Å²) in [7, 11) is -2.51. The van der Waals surface area contributed by atoms with Gasteiger partial charge in [0.25, 0.3) is 5.69 Å². The van der Waals surface area contributed by atoms with Crippen LogP contribution in [0.2, 0.25) is 5.02 Å². The zero-order chi connectivity index (χ0) is 16.0. The van der Waals surface area contributed by atoms with Crippen LogP contribution in [-0.2, 0) is 19.6 Å². The highest BCUT2D eigenvalue weighted by atomic mass is 35.5. The number of rotatable bonds is 7. The Balaban J connectivity index is 2.73. The maximum atomic E-state index is 11.8. The highest BCUT2D eigenvalue weighted by Gasteiger charge is 2.16. The summed E-state index contributed by atoms with van der Waals surface area (Å²) in [5, 5.41) is 10.6. The van der Waals surface area contributed by atoms with Gasteiger partial charge in [0, 0.05) is 12.5 Å². The van der Waals surface area contributed by atoms with Gasteiger partial charge < -0.3 is 4.74 Å². The van der Waals surface area contributed by atoms with E-state index in [9.17, 15) is 23.3 Å². The maximum Gasteiger partial charge on any atom is 0.305 e. The summed E-state index contributed by atoms with van der Waals surface area (Å²) in [6.07, 6.45) is 0.0515. The zero-order valence-electron chi connectivity index (χ0n) is 11.0. The molecule has 0 radical (unpaired) electrons. The first-order chi connectivity index (χ1) is 9.75. The highest BCUT2D eigenvalue weighted by Crippen LogP contribution is 2.27. The van der Waals surface area contributed by atoms with E-state index in [4.69, 9.17) is 11.6 Å². The van der Waals surface area contributed by atoms with Crippen LogP contribution < -0.4 is 4.72 Å². The smallest absolute Gasteiger partial charge is 0.305 e. The Bertz CT molecular complexity index is 646. The fourth-order valence-corrected chi connectivity index (χ4v) is 2.75. The van der Waals surface area contributed by atoms with Gasteiger partial charge in [-0.25, -0.2) is 8.42 Å². The molecule has 0 spiro atoms. The van der Waals surface area contributed by atoms with Gasteiger partial charge in [0.15, 0.2) is 0 Å². The van der Waals surface area contributed by atoms with E-state index in [1.54, 1.807) is 0 Å². The maximum absolute atomic E-state index is 11.8. The minimum Gasteiger partial charge on any atom is -0.469 e. The summed E-state index contributed by atoms with van der Waals surface area (Å²) in [6, 6.07) is 3.57. The number of methoxy groups -OCH3 is 1. The molecule has 1 aromatic carbocycles. The number of carbonyl (C=O) groups is 1. The molecule has 10 heteroatoms. The van der Waals surface area contributed by atoms with Crippen LogP contribution in [0.25, 0.3) is 0 Å². The van der Waals surface area contributed by atoms with Crippen LogP contribution in [-0.4, -0.2) is 32.2 Å². The van der Waals surface area contributed by atoms with E-state index in [1.807, 2.05) is 0 Å². The van der Waals surface area contributed by atoms with Gasteiger partial charge in [-0.3, -0.25) is 19.6 Å². The number of halogens is 1. The number of nitrogens with one attached hydrogen (secondary N) is 1. The average molecular weight is 337 g/mol. The molecule has 0 amide bonds. The second kappa shape index (κ2) is 7.23. The SMILES string of the molecule is COC(=O)CCCS(=O)(=O)Nc1ccc(Cl)c([N+](=O)[O-])c1. The molecule has 116 valence electrons. The third-order valence-electron chi connectivity index (χ3n) is 2.44. The number of hydrogen-bond donors (Lipinski definition) is 1. The molecule has 0 saturated heterocycles. The van der Waals surface area contributed by atoms with Gasteiger partial charge in [-0.1, -0.05) is 11.6 Å². The Labute approximate surface area is 126 Å². The summed E-state index contributed by atoms with van der Waals surface area (Å²) in [5.74, 6) is -0.814. The molecular weight excluding hydrogens is 324 g/mol. The van der Waals surface area contributed by atoms with Gasteiger partial charge in [-0.15, -0.1) is 0 Å². The first kappa shape index (κ1) is 17.2. The molecule has 21 heavy (non-hydrogen) atoms. The minimum atomic E-state index is -3.72. The third kappa shape index (κ3) is 5.56. The molecule has 8 nitrogen and oxygen atoms in total. The predicted molar refractivity (Wildman–Crippen MR) is 76.8 cm³/mol. The molecule has 0 saturated carbocycles. The van der Waals surface area contributed by atoms with Gasteiger partial charge in [-0.2, -0.15) is 0 Å². The normalized spacial score (nSPS) is 11.0. The Morgan fingerprint density at radius 1 is 1.48 bits per heavy atom. The summed E-state index contributed by atoms with van der Waals surface area (Å²) in [6.45, 7) is 0. The Hall–Kier alpha value is -1.87. The lowest BCUT2D eigenvalue weighted by Crippen LogP contribution is -2.17. The van der Waals surface area contributed by atoms with Crippen LogP contribution in [0, 0.1) is 10.1 Å². The van der Waals surface area contributed by atoms with Crippen molar-refractivity contribution in [2.75, 3.05) is 17.6 Å². The van der Waals surface area contributed by atoms with Gasteiger partial charge >= 0.3 is 5.97 Å². The number of nitro groups is 1. The van der Waals surface area contributed by atoms with Crippen molar-refractivity contribution in [3.63, 3.8) is 0 Å². The molecule has 0 fully saturated rings. The van der Waals surface area contributed by atoms with Crippen molar-refractivity contribution in [3.05, 3.63) is 33.3 Å². The summed E-state index contributed by atoms with van der Waals surface area (Å²) >= 11 is 5.63. The predicted octanol–water partition coefficient (Wildman–Crippen LogP) is 1.94. The largest absolute Gasteiger partial charge is 0.469 e. The van der Waals surface area contributed by atoms with Crippen molar-refractivity contribution in [1.29, 1.82) is 0 Å². The van der Waals surface area contributed by atoms with Crippen LogP contribution in [0.1, 0.15) is 12.8 Å². The van der Waals surface area contributed by atoms with Crippen LogP contribution in [0.15, 0.2) is 18.2 Å². The standard InChI is InChI=1S/C11H13ClN2O6S/c1-20-11(15)3-2-6-21(18,19)13-8-4-5-9(12)10(7-8)14(16)17/h4-5,7,13H,2-3,6H2,1H3. The number of nitro benzene ring substituents is 1. The molecule has 0 aliphatic rings. The number of hydrogen-bond acceptors (Lipinski definition) is 6. The molecule has 0 aromatic heterocycles. The molecule has 0 heterocycles. The van der Waals surface area contributed by atoms with E-state index in [0.29, 0.717) is 0 Å². The van der Waals surface area contributed by atoms with Crippen LogP contribution in [0.5, 0.6) is 0 Å². The van der Waals surface area contributed by atoms with E-state index in [0.717, 1.165) is 6.07 Å². The fourth-order valence-electron chi connectivity index (χ4n) is 1.46. The summed E-state index contributed by atoms with van der Waals surface area (Å²) in [4.78, 5) is 20.9. The van der Waals surface area contributed by atoms with E-state index >= 15 is 0 Å².